The lowest BCUT2D eigenvalue weighted by Crippen LogP contribution is -1.98. The molecule has 0 unspecified atom stereocenters. The van der Waals surface area contributed by atoms with Crippen molar-refractivity contribution in [2.24, 2.45) is 0 Å². The summed E-state index contributed by atoms with van der Waals surface area (Å²) in [7, 11) is 0. The van der Waals surface area contributed by atoms with Crippen molar-refractivity contribution in [2.45, 2.75) is 6.92 Å². The number of hydrogen-bond acceptors (Lipinski definition) is 2. The van der Waals surface area contributed by atoms with Gasteiger partial charge in [-0.1, -0.05) is 6.58 Å². The van der Waals surface area contributed by atoms with Gasteiger partial charge in [0.15, 0.2) is 0 Å². The Kier molecular flexibility index (Phi) is 3.73. The third-order valence-electron chi connectivity index (χ3n) is 1.54. The van der Waals surface area contributed by atoms with E-state index in [1.54, 1.807) is 18.2 Å². The minimum Gasteiger partial charge on any atom is -0.488 e. The Hall–Kier alpha value is -1.27. The Morgan fingerprint density at radius 2 is 2.36 bits per heavy atom. The average molecular weight is 252 g/mol. The summed E-state index contributed by atoms with van der Waals surface area (Å²) in [5.41, 5.74) is 1.57. The molecule has 72 valence electrons. The van der Waals surface area contributed by atoms with Gasteiger partial charge in [-0.05, 0) is 46.6 Å². The van der Waals surface area contributed by atoms with Gasteiger partial charge in [0.2, 0.25) is 0 Å². The smallest absolute Gasteiger partial charge is 0.134 e. The molecule has 0 aliphatic heterocycles. The van der Waals surface area contributed by atoms with E-state index in [4.69, 9.17) is 10.00 Å². The fourth-order valence-electron chi connectivity index (χ4n) is 0.888. The van der Waals surface area contributed by atoms with Crippen molar-refractivity contribution >= 4 is 15.9 Å². The quantitative estimate of drug-likeness (QED) is 0.773. The van der Waals surface area contributed by atoms with Gasteiger partial charge in [-0.15, -0.1) is 0 Å². The van der Waals surface area contributed by atoms with Gasteiger partial charge in [0.1, 0.15) is 12.4 Å². The zero-order valence-corrected chi connectivity index (χ0v) is 9.47. The zero-order chi connectivity index (χ0) is 10.6. The molecule has 1 aromatic rings. The second-order valence-electron chi connectivity index (χ2n) is 3.00. The van der Waals surface area contributed by atoms with E-state index in [-0.39, 0.29) is 0 Å². The Bertz CT molecular complexity index is 393. The van der Waals surface area contributed by atoms with Gasteiger partial charge >= 0.3 is 0 Å². The number of nitriles is 1. The molecule has 0 heterocycles. The zero-order valence-electron chi connectivity index (χ0n) is 7.88. The molecule has 0 saturated carbocycles. The topological polar surface area (TPSA) is 33.0 Å². The number of ether oxygens (including phenoxy) is 1. The van der Waals surface area contributed by atoms with Crippen LogP contribution in [0.2, 0.25) is 0 Å². The first-order chi connectivity index (χ1) is 6.63. The van der Waals surface area contributed by atoms with Crippen LogP contribution >= 0.6 is 15.9 Å². The number of rotatable bonds is 3. The molecule has 0 aromatic heterocycles. The summed E-state index contributed by atoms with van der Waals surface area (Å²) >= 11 is 3.33. The van der Waals surface area contributed by atoms with Gasteiger partial charge < -0.3 is 4.74 Å². The maximum Gasteiger partial charge on any atom is 0.134 e. The van der Waals surface area contributed by atoms with Crippen molar-refractivity contribution in [1.82, 2.24) is 0 Å². The predicted molar refractivity (Wildman–Crippen MR) is 59.2 cm³/mol. The third-order valence-corrected chi connectivity index (χ3v) is 2.15. The number of nitrogens with zero attached hydrogens (tertiary/aromatic N) is 1. The number of benzene rings is 1. The van der Waals surface area contributed by atoms with Crippen LogP contribution < -0.4 is 4.74 Å². The highest BCUT2D eigenvalue weighted by atomic mass is 79.9. The van der Waals surface area contributed by atoms with E-state index in [1.807, 2.05) is 6.92 Å². The van der Waals surface area contributed by atoms with Gasteiger partial charge in [0.25, 0.3) is 0 Å². The monoisotopic (exact) mass is 251 g/mol. The molecule has 1 rings (SSSR count). The molecule has 0 fully saturated rings. The maximum absolute atomic E-state index is 8.65. The lowest BCUT2D eigenvalue weighted by molar-refractivity contribution is 0.350. The largest absolute Gasteiger partial charge is 0.488 e. The van der Waals surface area contributed by atoms with Gasteiger partial charge in [-0.2, -0.15) is 5.26 Å². The van der Waals surface area contributed by atoms with E-state index in [0.29, 0.717) is 12.2 Å². The van der Waals surface area contributed by atoms with Gasteiger partial charge in [0.05, 0.1) is 16.1 Å². The van der Waals surface area contributed by atoms with Gasteiger partial charge in [-0.3, -0.25) is 0 Å². The van der Waals surface area contributed by atoms with Crippen LogP contribution in [0, 0.1) is 11.3 Å². The van der Waals surface area contributed by atoms with E-state index < -0.39 is 0 Å². The Balaban J connectivity index is 2.80. The first-order valence-corrected chi connectivity index (χ1v) is 4.89. The third kappa shape index (κ3) is 2.90. The molecule has 0 aliphatic carbocycles. The first-order valence-electron chi connectivity index (χ1n) is 4.10. The van der Waals surface area contributed by atoms with Crippen LogP contribution in [0.5, 0.6) is 5.75 Å². The number of halogens is 1. The molecule has 1 aromatic carbocycles. The molecule has 0 saturated heterocycles. The van der Waals surface area contributed by atoms with E-state index in [2.05, 4.69) is 28.6 Å². The SMILES string of the molecule is C=C(C)COc1ccc(C#N)cc1Br. The molecule has 0 radical (unpaired) electrons. The first kappa shape index (κ1) is 10.8. The van der Waals surface area contributed by atoms with Crippen LogP contribution in [0.3, 0.4) is 0 Å². The normalized spacial score (nSPS) is 9.21. The lowest BCUT2D eigenvalue weighted by atomic mass is 10.2. The lowest BCUT2D eigenvalue weighted by Gasteiger charge is -2.07. The summed E-state index contributed by atoms with van der Waals surface area (Å²) in [6, 6.07) is 7.28. The van der Waals surface area contributed by atoms with Crippen LogP contribution in [0.4, 0.5) is 0 Å². The predicted octanol–water partition coefficient (Wildman–Crippen LogP) is 3.28. The molecule has 0 aliphatic rings. The van der Waals surface area contributed by atoms with Gasteiger partial charge in [0, 0.05) is 0 Å². The maximum atomic E-state index is 8.65. The molecule has 3 heteroatoms. The summed E-state index contributed by atoms with van der Waals surface area (Å²) in [6.07, 6.45) is 0. The van der Waals surface area contributed by atoms with Crippen molar-refractivity contribution in [2.75, 3.05) is 6.61 Å². The molecular formula is C11H10BrNO. The van der Waals surface area contributed by atoms with E-state index in [0.717, 1.165) is 15.8 Å². The van der Waals surface area contributed by atoms with Crippen LogP contribution in [-0.4, -0.2) is 6.61 Å². The molecule has 0 bridgehead atoms. The highest BCUT2D eigenvalue weighted by Crippen LogP contribution is 2.25. The van der Waals surface area contributed by atoms with E-state index in [9.17, 15) is 0 Å². The Labute approximate surface area is 91.9 Å². The van der Waals surface area contributed by atoms with E-state index in [1.165, 1.54) is 0 Å². The van der Waals surface area contributed by atoms with Crippen LogP contribution in [0.25, 0.3) is 0 Å². The highest BCUT2D eigenvalue weighted by Gasteiger charge is 2.01. The second-order valence-corrected chi connectivity index (χ2v) is 3.86. The summed E-state index contributed by atoms with van der Waals surface area (Å²) < 4.78 is 6.23. The van der Waals surface area contributed by atoms with Crippen molar-refractivity contribution in [3.05, 3.63) is 40.4 Å². The summed E-state index contributed by atoms with van der Waals surface area (Å²) in [5, 5.41) is 8.65. The Morgan fingerprint density at radius 1 is 1.64 bits per heavy atom. The molecule has 14 heavy (non-hydrogen) atoms. The van der Waals surface area contributed by atoms with Crippen LogP contribution in [0.1, 0.15) is 12.5 Å². The fraction of sp³-hybridized carbons (Fsp3) is 0.182. The summed E-state index contributed by atoms with van der Waals surface area (Å²) in [5.74, 6) is 0.729. The average Bonchev–Trinajstić information content (AvgIpc) is 2.15. The summed E-state index contributed by atoms with van der Waals surface area (Å²) in [4.78, 5) is 0. The minimum atomic E-state index is 0.491. The van der Waals surface area contributed by atoms with Gasteiger partial charge in [-0.25, -0.2) is 0 Å². The highest BCUT2D eigenvalue weighted by molar-refractivity contribution is 9.10. The van der Waals surface area contributed by atoms with Crippen molar-refractivity contribution < 1.29 is 4.74 Å². The molecule has 0 atom stereocenters. The minimum absolute atomic E-state index is 0.491. The Morgan fingerprint density at radius 3 is 2.86 bits per heavy atom. The van der Waals surface area contributed by atoms with Crippen molar-refractivity contribution in [1.29, 1.82) is 5.26 Å². The van der Waals surface area contributed by atoms with Crippen LogP contribution in [-0.2, 0) is 0 Å². The molecular weight excluding hydrogens is 242 g/mol. The standard InChI is InChI=1S/C11H10BrNO/c1-8(2)7-14-11-4-3-9(6-13)5-10(11)12/h3-5H,1,7H2,2H3. The summed E-state index contributed by atoms with van der Waals surface area (Å²) in [6.45, 7) is 6.13. The van der Waals surface area contributed by atoms with Crippen LogP contribution in [0.15, 0.2) is 34.8 Å². The van der Waals surface area contributed by atoms with E-state index >= 15 is 0 Å². The van der Waals surface area contributed by atoms with Crippen molar-refractivity contribution in [3.8, 4) is 11.8 Å². The number of hydrogen-bond donors (Lipinski definition) is 0. The second kappa shape index (κ2) is 4.83. The molecule has 0 amide bonds. The molecule has 2 nitrogen and oxygen atoms in total. The van der Waals surface area contributed by atoms with Crippen molar-refractivity contribution in [3.63, 3.8) is 0 Å². The molecule has 0 N–H and O–H groups in total. The molecule has 0 spiro atoms. The fourth-order valence-corrected chi connectivity index (χ4v) is 1.38.